The first-order chi connectivity index (χ1) is 17.5. The lowest BCUT2D eigenvalue weighted by atomic mass is 9.95. The molecule has 36 heavy (non-hydrogen) atoms. The van der Waals surface area contributed by atoms with Gasteiger partial charge in [-0.25, -0.2) is 4.39 Å². The van der Waals surface area contributed by atoms with E-state index in [-0.39, 0.29) is 22.7 Å². The summed E-state index contributed by atoms with van der Waals surface area (Å²) in [6, 6.07) is 21.3. The molecule has 1 atom stereocenters. The van der Waals surface area contributed by atoms with Crippen molar-refractivity contribution < 1.29 is 9.50 Å². The molecule has 1 aliphatic heterocycles. The van der Waals surface area contributed by atoms with Crippen molar-refractivity contribution in [2.45, 2.75) is 19.5 Å². The van der Waals surface area contributed by atoms with Crippen LogP contribution in [-0.4, -0.2) is 45.7 Å². The van der Waals surface area contributed by atoms with Crippen LogP contribution in [0.3, 0.4) is 0 Å². The van der Waals surface area contributed by atoms with E-state index in [4.69, 9.17) is 0 Å². The largest absolute Gasteiger partial charge is 0.507 e. The van der Waals surface area contributed by atoms with Crippen molar-refractivity contribution in [3.05, 3.63) is 124 Å². The normalized spacial score (nSPS) is 15.1. The zero-order chi connectivity index (χ0) is 25.1. The van der Waals surface area contributed by atoms with Crippen LogP contribution in [0, 0.1) is 12.7 Å². The van der Waals surface area contributed by atoms with Crippen molar-refractivity contribution in [2.24, 2.45) is 0 Å². The van der Waals surface area contributed by atoms with E-state index in [9.17, 15) is 14.3 Å². The number of anilines is 1. The molecule has 2 aromatic carbocycles. The van der Waals surface area contributed by atoms with Crippen LogP contribution in [0.1, 0.15) is 28.4 Å². The molecule has 1 aliphatic rings. The number of hydrogen-bond acceptors (Lipinski definition) is 5. The Balaban J connectivity index is 1.54. The van der Waals surface area contributed by atoms with Crippen molar-refractivity contribution in [1.29, 1.82) is 0 Å². The lowest BCUT2D eigenvalue weighted by Gasteiger charge is -2.40. The fourth-order valence-electron chi connectivity index (χ4n) is 5.01. The van der Waals surface area contributed by atoms with Gasteiger partial charge >= 0.3 is 0 Å². The van der Waals surface area contributed by atoms with Gasteiger partial charge < -0.3 is 14.6 Å². The Morgan fingerprint density at radius 1 is 0.972 bits per heavy atom. The van der Waals surface area contributed by atoms with Gasteiger partial charge in [0.05, 0.1) is 18.2 Å². The van der Waals surface area contributed by atoms with Gasteiger partial charge in [-0.3, -0.25) is 14.7 Å². The number of aryl methyl sites for hydroxylation is 1. The summed E-state index contributed by atoms with van der Waals surface area (Å²) in [5, 5.41) is 11.1. The minimum atomic E-state index is -0.577. The molecular weight excluding hydrogens is 455 g/mol. The Kier molecular flexibility index (Phi) is 6.82. The molecule has 6 nitrogen and oxygen atoms in total. The molecule has 0 aliphatic carbocycles. The molecular formula is C29H29FN4O2. The number of rotatable bonds is 6. The third-order valence-electron chi connectivity index (χ3n) is 6.82. The number of halogens is 1. The summed E-state index contributed by atoms with van der Waals surface area (Å²) in [5.74, 6) is -0.442. The third-order valence-corrected chi connectivity index (χ3v) is 6.82. The van der Waals surface area contributed by atoms with Gasteiger partial charge in [-0.05, 0) is 54.4 Å². The average molecular weight is 485 g/mol. The van der Waals surface area contributed by atoms with E-state index in [1.807, 2.05) is 36.4 Å². The van der Waals surface area contributed by atoms with E-state index in [1.165, 1.54) is 12.1 Å². The maximum Gasteiger partial charge on any atom is 0.259 e. The minimum absolute atomic E-state index is 0.0697. The van der Waals surface area contributed by atoms with Gasteiger partial charge in [0.15, 0.2) is 0 Å². The number of para-hydroxylation sites is 1. The molecule has 0 radical (unpaired) electrons. The van der Waals surface area contributed by atoms with Gasteiger partial charge in [-0.15, -0.1) is 0 Å². The van der Waals surface area contributed by atoms with Crippen LogP contribution in [-0.2, 0) is 6.54 Å². The maximum absolute atomic E-state index is 14.3. The van der Waals surface area contributed by atoms with Gasteiger partial charge in [0.1, 0.15) is 11.6 Å². The molecule has 184 valence electrons. The number of pyridine rings is 2. The Morgan fingerprint density at radius 2 is 1.75 bits per heavy atom. The van der Waals surface area contributed by atoms with Crippen molar-refractivity contribution in [1.82, 2.24) is 14.5 Å². The molecule has 1 saturated heterocycles. The van der Waals surface area contributed by atoms with E-state index in [0.717, 1.165) is 24.3 Å². The van der Waals surface area contributed by atoms with Crippen molar-refractivity contribution >= 4 is 5.69 Å². The topological polar surface area (TPSA) is 61.6 Å². The molecule has 1 fully saturated rings. The molecule has 7 heteroatoms. The van der Waals surface area contributed by atoms with Crippen LogP contribution in [0.5, 0.6) is 5.75 Å². The monoisotopic (exact) mass is 484 g/mol. The molecule has 0 amide bonds. The Hall–Kier alpha value is -3.97. The highest BCUT2D eigenvalue weighted by Gasteiger charge is 2.31. The predicted octanol–water partition coefficient (Wildman–Crippen LogP) is 4.36. The molecule has 0 spiro atoms. The molecule has 4 aromatic rings. The lowest BCUT2D eigenvalue weighted by molar-refractivity contribution is 0.207. The van der Waals surface area contributed by atoms with Gasteiger partial charge in [0.2, 0.25) is 0 Å². The van der Waals surface area contributed by atoms with Crippen LogP contribution in [0.25, 0.3) is 0 Å². The van der Waals surface area contributed by atoms with Crippen molar-refractivity contribution in [3.63, 3.8) is 0 Å². The van der Waals surface area contributed by atoms with Crippen LogP contribution >= 0.6 is 0 Å². The molecule has 0 bridgehead atoms. The number of aromatic hydroxyl groups is 1. The molecule has 3 heterocycles. The quantitative estimate of drug-likeness (QED) is 0.441. The Labute approximate surface area is 209 Å². The van der Waals surface area contributed by atoms with Gasteiger partial charge in [0.25, 0.3) is 5.56 Å². The summed E-state index contributed by atoms with van der Waals surface area (Å²) < 4.78 is 16.0. The van der Waals surface area contributed by atoms with E-state index < -0.39 is 6.04 Å². The summed E-state index contributed by atoms with van der Waals surface area (Å²) in [4.78, 5) is 22.5. The number of piperazine rings is 1. The summed E-state index contributed by atoms with van der Waals surface area (Å²) in [6.45, 7) is 4.97. The molecule has 1 N–H and O–H groups in total. The smallest absolute Gasteiger partial charge is 0.259 e. The van der Waals surface area contributed by atoms with Gasteiger partial charge in [0, 0.05) is 50.0 Å². The standard InChI is InChI=1S/C29H29FN4O2/c1-21-17-26(35)27(29(36)34(21)20-22-7-6-12-31-19-22)28(23-8-5-9-24(30)18-23)33-15-13-32(14-16-33)25-10-3-2-4-11-25/h2-12,17-19,28,35H,13-16,20H2,1H3/t28-/m0/s1. The van der Waals surface area contributed by atoms with E-state index in [2.05, 4.69) is 26.9 Å². The van der Waals surface area contributed by atoms with Gasteiger partial charge in [-0.2, -0.15) is 0 Å². The highest BCUT2D eigenvalue weighted by Crippen LogP contribution is 2.34. The highest BCUT2D eigenvalue weighted by molar-refractivity contribution is 5.47. The van der Waals surface area contributed by atoms with Gasteiger partial charge in [-0.1, -0.05) is 36.4 Å². The number of aromatic nitrogens is 2. The average Bonchev–Trinajstić information content (AvgIpc) is 2.90. The number of hydrogen-bond donors (Lipinski definition) is 1. The summed E-state index contributed by atoms with van der Waals surface area (Å²) >= 11 is 0. The maximum atomic E-state index is 14.3. The first kappa shape index (κ1) is 23.8. The van der Waals surface area contributed by atoms with Crippen LogP contribution in [0.15, 0.2) is 90.0 Å². The van der Waals surface area contributed by atoms with E-state index >= 15 is 0 Å². The van der Waals surface area contributed by atoms with Crippen LogP contribution in [0.4, 0.5) is 10.1 Å². The fraction of sp³-hybridized carbons (Fsp3) is 0.241. The third kappa shape index (κ3) is 4.88. The zero-order valence-electron chi connectivity index (χ0n) is 20.2. The first-order valence-electron chi connectivity index (χ1n) is 12.1. The number of benzene rings is 2. The molecule has 5 rings (SSSR count). The Morgan fingerprint density at radius 3 is 2.44 bits per heavy atom. The SMILES string of the molecule is Cc1cc(O)c([C@H](c2cccc(F)c2)N2CCN(c3ccccc3)CC2)c(=O)n1Cc1cccnc1. The van der Waals surface area contributed by atoms with Crippen LogP contribution in [0.2, 0.25) is 0 Å². The second-order valence-electron chi connectivity index (χ2n) is 9.15. The summed E-state index contributed by atoms with van der Waals surface area (Å²) in [7, 11) is 0. The summed E-state index contributed by atoms with van der Waals surface area (Å²) in [5.41, 5.74) is 3.32. The van der Waals surface area contributed by atoms with Crippen LogP contribution < -0.4 is 10.5 Å². The van der Waals surface area contributed by atoms with Crippen molar-refractivity contribution in [3.8, 4) is 5.75 Å². The Bertz CT molecular complexity index is 1380. The fourth-order valence-corrected chi connectivity index (χ4v) is 5.01. The molecule has 2 aromatic heterocycles. The summed E-state index contributed by atoms with van der Waals surface area (Å²) in [6.07, 6.45) is 3.42. The highest BCUT2D eigenvalue weighted by atomic mass is 19.1. The molecule has 0 unspecified atom stereocenters. The van der Waals surface area contributed by atoms with E-state index in [0.29, 0.717) is 30.9 Å². The number of nitrogens with zero attached hydrogens (tertiary/aromatic N) is 4. The molecule has 0 saturated carbocycles. The van der Waals surface area contributed by atoms with E-state index in [1.54, 1.807) is 36.0 Å². The minimum Gasteiger partial charge on any atom is -0.507 e. The first-order valence-corrected chi connectivity index (χ1v) is 12.1. The second-order valence-corrected chi connectivity index (χ2v) is 9.15. The van der Waals surface area contributed by atoms with Crippen molar-refractivity contribution in [2.75, 3.05) is 31.1 Å². The lowest BCUT2D eigenvalue weighted by Crippen LogP contribution is -2.49. The second kappa shape index (κ2) is 10.3. The zero-order valence-corrected chi connectivity index (χ0v) is 20.2. The predicted molar refractivity (Wildman–Crippen MR) is 139 cm³/mol.